The number of rotatable bonds is 7. The normalized spacial score (nSPS) is 13.1. The number of amides is 3. The lowest BCUT2D eigenvalue weighted by molar-refractivity contribution is -0.120. The van der Waals surface area contributed by atoms with E-state index in [9.17, 15) is 19.2 Å². The molecule has 2 N–H and O–H groups in total. The van der Waals surface area contributed by atoms with Gasteiger partial charge in [0.2, 0.25) is 0 Å². The van der Waals surface area contributed by atoms with Crippen molar-refractivity contribution in [1.82, 2.24) is 0 Å². The highest BCUT2D eigenvalue weighted by molar-refractivity contribution is 6.53. The molecule has 0 aromatic heterocycles. The first kappa shape index (κ1) is 25.7. The number of benzene rings is 3. The summed E-state index contributed by atoms with van der Waals surface area (Å²) in [6.45, 7) is 5.73. The lowest BCUT2D eigenvalue weighted by atomic mass is 10.1. The minimum absolute atomic E-state index is 0.0706. The summed E-state index contributed by atoms with van der Waals surface area (Å²) in [6.07, 6.45) is 0. The predicted octanol–water partition coefficient (Wildman–Crippen LogP) is 5.17. The molecule has 0 atom stereocenters. The minimum atomic E-state index is -0.624. The van der Waals surface area contributed by atoms with Crippen molar-refractivity contribution in [3.8, 4) is 0 Å². The van der Waals surface area contributed by atoms with Crippen LogP contribution in [-0.4, -0.2) is 30.3 Å². The van der Waals surface area contributed by atoms with Crippen molar-refractivity contribution in [2.45, 2.75) is 20.8 Å². The first-order valence-electron chi connectivity index (χ1n) is 11.5. The van der Waals surface area contributed by atoms with Gasteiger partial charge in [0.25, 0.3) is 17.7 Å². The number of aryl methyl sites for hydroxylation is 2. The molecule has 1 heterocycles. The van der Waals surface area contributed by atoms with Gasteiger partial charge in [0.1, 0.15) is 10.7 Å². The lowest BCUT2D eigenvalue weighted by Gasteiger charge is -2.18. The van der Waals surface area contributed by atoms with Gasteiger partial charge in [0, 0.05) is 16.9 Å². The van der Waals surface area contributed by atoms with Gasteiger partial charge in [0.15, 0.2) is 0 Å². The van der Waals surface area contributed by atoms with E-state index in [1.165, 1.54) is 6.07 Å². The van der Waals surface area contributed by atoms with Gasteiger partial charge in [-0.3, -0.25) is 14.4 Å². The van der Waals surface area contributed by atoms with Gasteiger partial charge in [-0.1, -0.05) is 35.4 Å². The van der Waals surface area contributed by atoms with Gasteiger partial charge in [0.05, 0.1) is 17.9 Å². The number of nitrogens with one attached hydrogen (secondary N) is 2. The van der Waals surface area contributed by atoms with E-state index < -0.39 is 23.7 Å². The van der Waals surface area contributed by atoms with Crippen LogP contribution in [0.3, 0.4) is 0 Å². The van der Waals surface area contributed by atoms with Crippen LogP contribution in [0.5, 0.6) is 0 Å². The molecule has 37 heavy (non-hydrogen) atoms. The largest absolute Gasteiger partial charge is 0.462 e. The van der Waals surface area contributed by atoms with E-state index >= 15 is 0 Å². The third kappa shape index (κ3) is 5.39. The molecule has 3 aromatic carbocycles. The second-order valence-electron chi connectivity index (χ2n) is 8.38. The summed E-state index contributed by atoms with van der Waals surface area (Å²) in [5.74, 6) is -2.05. The van der Waals surface area contributed by atoms with E-state index in [0.29, 0.717) is 28.2 Å². The Morgan fingerprint density at radius 2 is 1.62 bits per heavy atom. The van der Waals surface area contributed by atoms with Crippen molar-refractivity contribution >= 4 is 52.4 Å². The average molecular weight is 518 g/mol. The van der Waals surface area contributed by atoms with E-state index in [-0.39, 0.29) is 17.3 Å². The van der Waals surface area contributed by atoms with Gasteiger partial charge in [-0.2, -0.15) is 0 Å². The number of halogens is 1. The highest BCUT2D eigenvalue weighted by Gasteiger charge is 2.39. The standard InChI is InChI=1S/C28H24ClN3O5/c1-4-37-28(36)18-9-11-20(12-10-18)31-25(33)19-6-5-7-21(15-19)30-24-23(29)26(34)32(27(24)35)22-13-8-16(2)14-17(22)3/h5-15,30H,4H2,1-3H3,(H,31,33). The van der Waals surface area contributed by atoms with Gasteiger partial charge in [-0.25, -0.2) is 9.69 Å². The van der Waals surface area contributed by atoms with Crippen molar-refractivity contribution < 1.29 is 23.9 Å². The Bertz CT molecular complexity index is 1450. The maximum Gasteiger partial charge on any atom is 0.338 e. The van der Waals surface area contributed by atoms with Crippen molar-refractivity contribution in [1.29, 1.82) is 0 Å². The van der Waals surface area contributed by atoms with Gasteiger partial charge in [-0.15, -0.1) is 0 Å². The van der Waals surface area contributed by atoms with Crippen LogP contribution in [0, 0.1) is 13.8 Å². The van der Waals surface area contributed by atoms with Crippen LogP contribution in [0.25, 0.3) is 0 Å². The Hall–Kier alpha value is -4.43. The monoisotopic (exact) mass is 517 g/mol. The molecule has 0 aliphatic carbocycles. The number of nitrogens with zero attached hydrogens (tertiary/aromatic N) is 1. The summed E-state index contributed by atoms with van der Waals surface area (Å²) in [5, 5.41) is 5.42. The number of carbonyl (C=O) groups excluding carboxylic acids is 4. The fourth-order valence-corrected chi connectivity index (χ4v) is 4.09. The molecule has 188 valence electrons. The Kier molecular flexibility index (Phi) is 7.40. The number of ether oxygens (including phenoxy) is 1. The van der Waals surface area contributed by atoms with Gasteiger partial charge in [-0.05, 0) is 74.9 Å². The van der Waals surface area contributed by atoms with Crippen molar-refractivity contribution in [3.63, 3.8) is 0 Å². The zero-order valence-corrected chi connectivity index (χ0v) is 21.2. The Morgan fingerprint density at radius 1 is 0.892 bits per heavy atom. The number of hydrogen-bond donors (Lipinski definition) is 2. The molecule has 0 saturated heterocycles. The zero-order chi connectivity index (χ0) is 26.7. The van der Waals surface area contributed by atoms with Crippen LogP contribution in [0.4, 0.5) is 17.1 Å². The number of anilines is 3. The summed E-state index contributed by atoms with van der Waals surface area (Å²) < 4.78 is 4.96. The van der Waals surface area contributed by atoms with Crippen LogP contribution < -0.4 is 15.5 Å². The summed E-state index contributed by atoms with van der Waals surface area (Å²) in [6, 6.07) is 18.1. The first-order chi connectivity index (χ1) is 17.7. The third-order valence-electron chi connectivity index (χ3n) is 5.67. The maximum atomic E-state index is 13.1. The Morgan fingerprint density at radius 3 is 2.30 bits per heavy atom. The highest BCUT2D eigenvalue weighted by atomic mass is 35.5. The van der Waals surface area contributed by atoms with Crippen LogP contribution in [0.1, 0.15) is 38.8 Å². The van der Waals surface area contributed by atoms with Crippen LogP contribution in [0.2, 0.25) is 0 Å². The van der Waals surface area contributed by atoms with E-state index in [1.54, 1.807) is 55.5 Å². The number of esters is 1. The SMILES string of the molecule is CCOC(=O)c1ccc(NC(=O)c2cccc(NC3=C(Cl)C(=O)N(c4ccc(C)cc4C)C3=O)c2)cc1. The summed E-state index contributed by atoms with van der Waals surface area (Å²) in [4.78, 5) is 51.6. The van der Waals surface area contributed by atoms with Crippen molar-refractivity contribution in [3.05, 3.63) is 99.7 Å². The molecular weight excluding hydrogens is 494 g/mol. The minimum Gasteiger partial charge on any atom is -0.462 e. The molecule has 0 bridgehead atoms. The second kappa shape index (κ2) is 10.7. The van der Waals surface area contributed by atoms with Gasteiger partial charge < -0.3 is 15.4 Å². The van der Waals surface area contributed by atoms with Crippen LogP contribution in [0.15, 0.2) is 77.5 Å². The molecule has 4 rings (SSSR count). The lowest BCUT2D eigenvalue weighted by Crippen LogP contribution is -2.32. The topological polar surface area (TPSA) is 105 Å². The molecule has 1 aliphatic heterocycles. The van der Waals surface area contributed by atoms with E-state index in [1.807, 2.05) is 26.0 Å². The van der Waals surface area contributed by atoms with Crippen LogP contribution in [-0.2, 0) is 14.3 Å². The quantitative estimate of drug-likeness (QED) is 0.331. The second-order valence-corrected chi connectivity index (χ2v) is 8.76. The zero-order valence-electron chi connectivity index (χ0n) is 20.4. The molecule has 3 amide bonds. The molecule has 9 heteroatoms. The fourth-order valence-electron chi connectivity index (χ4n) is 3.88. The molecule has 3 aromatic rings. The first-order valence-corrected chi connectivity index (χ1v) is 11.9. The molecule has 1 aliphatic rings. The Labute approximate surface area is 218 Å². The van der Waals surface area contributed by atoms with Crippen molar-refractivity contribution in [2.24, 2.45) is 0 Å². The third-order valence-corrected chi connectivity index (χ3v) is 6.02. The van der Waals surface area contributed by atoms with E-state index in [4.69, 9.17) is 16.3 Å². The highest BCUT2D eigenvalue weighted by Crippen LogP contribution is 2.32. The number of carbonyl (C=O) groups is 4. The van der Waals surface area contributed by atoms with Crippen molar-refractivity contribution in [2.75, 3.05) is 22.1 Å². The van der Waals surface area contributed by atoms with Gasteiger partial charge >= 0.3 is 5.97 Å². The molecule has 0 radical (unpaired) electrons. The maximum absolute atomic E-state index is 13.1. The summed E-state index contributed by atoms with van der Waals surface area (Å²) in [5.41, 5.74) is 3.73. The smallest absolute Gasteiger partial charge is 0.338 e. The number of hydrogen-bond acceptors (Lipinski definition) is 6. The summed E-state index contributed by atoms with van der Waals surface area (Å²) >= 11 is 6.26. The Balaban J connectivity index is 1.49. The number of imide groups is 1. The molecule has 8 nitrogen and oxygen atoms in total. The molecule has 0 fully saturated rings. The molecular formula is C28H24ClN3O5. The van der Waals surface area contributed by atoms with E-state index in [0.717, 1.165) is 16.0 Å². The molecule has 0 saturated carbocycles. The average Bonchev–Trinajstić information content (AvgIpc) is 3.08. The molecule has 0 spiro atoms. The van der Waals surface area contributed by atoms with E-state index in [2.05, 4.69) is 10.6 Å². The predicted molar refractivity (Wildman–Crippen MR) is 142 cm³/mol. The molecule has 0 unspecified atom stereocenters. The fraction of sp³-hybridized carbons (Fsp3) is 0.143. The summed E-state index contributed by atoms with van der Waals surface area (Å²) in [7, 11) is 0. The van der Waals surface area contributed by atoms with Crippen LogP contribution >= 0.6 is 11.6 Å².